The van der Waals surface area contributed by atoms with Crippen LogP contribution in [0.2, 0.25) is 0 Å². The van der Waals surface area contributed by atoms with Crippen molar-refractivity contribution >= 4 is 31.9 Å². The molecule has 0 N–H and O–H groups in total. The summed E-state index contributed by atoms with van der Waals surface area (Å²) < 4.78 is 0. The number of aromatic nitrogens is 1. The van der Waals surface area contributed by atoms with E-state index in [0.717, 1.165) is 17.4 Å². The van der Waals surface area contributed by atoms with E-state index in [1.54, 1.807) is 0 Å². The standard InChI is InChI=1S/C15H15Br2N/c1-2-11-7-8-18-15(9-11)13-6-4-3-5-12(13)14(17)10-16/h3-9,14H,2,10H2,1H3. The lowest BCUT2D eigenvalue weighted by Crippen LogP contribution is -1.96. The van der Waals surface area contributed by atoms with Gasteiger partial charge in [0.1, 0.15) is 0 Å². The first-order valence-electron chi connectivity index (χ1n) is 6.00. The van der Waals surface area contributed by atoms with Crippen LogP contribution in [0.5, 0.6) is 0 Å². The number of hydrogen-bond donors (Lipinski definition) is 0. The first kappa shape index (κ1) is 13.8. The SMILES string of the molecule is CCc1ccnc(-c2ccccc2C(Br)CBr)c1. The number of pyridine rings is 1. The highest BCUT2D eigenvalue weighted by Gasteiger charge is 2.12. The van der Waals surface area contributed by atoms with Crippen LogP contribution in [0.25, 0.3) is 11.3 Å². The molecule has 1 aromatic heterocycles. The maximum atomic E-state index is 4.50. The van der Waals surface area contributed by atoms with Crippen LogP contribution in [0.15, 0.2) is 42.6 Å². The van der Waals surface area contributed by atoms with Gasteiger partial charge in [0.25, 0.3) is 0 Å². The van der Waals surface area contributed by atoms with Crippen LogP contribution in [0.4, 0.5) is 0 Å². The molecule has 0 saturated carbocycles. The molecule has 1 atom stereocenters. The highest BCUT2D eigenvalue weighted by Crippen LogP contribution is 2.33. The second-order valence-electron chi connectivity index (χ2n) is 4.11. The fourth-order valence-corrected chi connectivity index (χ4v) is 2.68. The van der Waals surface area contributed by atoms with E-state index in [1.165, 1.54) is 16.7 Å². The van der Waals surface area contributed by atoms with Gasteiger partial charge in [-0.3, -0.25) is 4.98 Å². The molecule has 1 aromatic carbocycles. The molecular formula is C15H15Br2N. The van der Waals surface area contributed by atoms with Crippen LogP contribution >= 0.6 is 31.9 Å². The highest BCUT2D eigenvalue weighted by atomic mass is 79.9. The van der Waals surface area contributed by atoms with E-state index in [9.17, 15) is 0 Å². The average molecular weight is 369 g/mol. The number of aryl methyl sites for hydroxylation is 1. The largest absolute Gasteiger partial charge is 0.256 e. The molecule has 94 valence electrons. The Morgan fingerprint density at radius 1 is 1.22 bits per heavy atom. The monoisotopic (exact) mass is 367 g/mol. The van der Waals surface area contributed by atoms with E-state index < -0.39 is 0 Å². The number of nitrogens with zero attached hydrogens (tertiary/aromatic N) is 1. The van der Waals surface area contributed by atoms with Gasteiger partial charge < -0.3 is 0 Å². The Labute approximate surface area is 125 Å². The molecule has 1 heterocycles. The maximum absolute atomic E-state index is 4.50. The average Bonchev–Trinajstić information content (AvgIpc) is 2.46. The van der Waals surface area contributed by atoms with Crippen molar-refractivity contribution in [3.05, 3.63) is 53.7 Å². The summed E-state index contributed by atoms with van der Waals surface area (Å²) in [6.45, 7) is 2.16. The fourth-order valence-electron chi connectivity index (χ4n) is 1.93. The van der Waals surface area contributed by atoms with Gasteiger partial charge in [-0.25, -0.2) is 0 Å². The molecule has 0 spiro atoms. The topological polar surface area (TPSA) is 12.9 Å². The number of halogens is 2. The van der Waals surface area contributed by atoms with Gasteiger partial charge in [0.05, 0.1) is 5.69 Å². The molecule has 0 aliphatic heterocycles. The lowest BCUT2D eigenvalue weighted by Gasteiger charge is -2.13. The van der Waals surface area contributed by atoms with E-state index in [-0.39, 0.29) is 0 Å². The van der Waals surface area contributed by atoms with Crippen molar-refractivity contribution in [3.8, 4) is 11.3 Å². The molecule has 0 amide bonds. The fraction of sp³-hybridized carbons (Fsp3) is 0.267. The van der Waals surface area contributed by atoms with Gasteiger partial charge in [-0.1, -0.05) is 63.0 Å². The van der Waals surface area contributed by atoms with Crippen molar-refractivity contribution in [1.82, 2.24) is 4.98 Å². The van der Waals surface area contributed by atoms with Gasteiger partial charge in [-0.15, -0.1) is 0 Å². The first-order valence-corrected chi connectivity index (χ1v) is 8.04. The Kier molecular flexibility index (Phi) is 4.95. The molecule has 0 radical (unpaired) electrons. The molecule has 2 rings (SSSR count). The summed E-state index contributed by atoms with van der Waals surface area (Å²) in [5, 5.41) is 0.886. The molecular weight excluding hydrogens is 354 g/mol. The van der Waals surface area contributed by atoms with Crippen LogP contribution in [-0.2, 0) is 6.42 Å². The zero-order valence-electron chi connectivity index (χ0n) is 10.2. The molecule has 0 bridgehead atoms. The van der Waals surface area contributed by atoms with Crippen LogP contribution < -0.4 is 0 Å². The van der Waals surface area contributed by atoms with Crippen molar-refractivity contribution in [3.63, 3.8) is 0 Å². The molecule has 0 aliphatic rings. The predicted octanol–water partition coefficient (Wildman–Crippen LogP) is 5.14. The number of hydrogen-bond acceptors (Lipinski definition) is 1. The molecule has 0 aliphatic carbocycles. The molecule has 1 nitrogen and oxygen atoms in total. The van der Waals surface area contributed by atoms with Gasteiger partial charge in [0.2, 0.25) is 0 Å². The lowest BCUT2D eigenvalue weighted by molar-refractivity contribution is 1.11. The van der Waals surface area contributed by atoms with Crippen molar-refractivity contribution in [1.29, 1.82) is 0 Å². The van der Waals surface area contributed by atoms with Crippen LogP contribution in [-0.4, -0.2) is 10.3 Å². The Bertz CT molecular complexity index is 525. The third kappa shape index (κ3) is 3.01. The third-order valence-electron chi connectivity index (χ3n) is 2.94. The Hall–Kier alpha value is -0.670. The Balaban J connectivity index is 2.49. The first-order chi connectivity index (χ1) is 8.76. The molecule has 2 aromatic rings. The van der Waals surface area contributed by atoms with E-state index in [0.29, 0.717) is 4.83 Å². The number of rotatable bonds is 4. The van der Waals surface area contributed by atoms with Gasteiger partial charge in [-0.2, -0.15) is 0 Å². The van der Waals surface area contributed by atoms with Crippen molar-refractivity contribution in [2.45, 2.75) is 18.2 Å². The van der Waals surface area contributed by atoms with E-state index in [1.807, 2.05) is 6.20 Å². The second kappa shape index (κ2) is 6.48. The van der Waals surface area contributed by atoms with Gasteiger partial charge in [0, 0.05) is 21.9 Å². The summed E-state index contributed by atoms with van der Waals surface area (Å²) in [5.74, 6) is 0. The summed E-state index contributed by atoms with van der Waals surface area (Å²) in [5.41, 5.74) is 4.85. The summed E-state index contributed by atoms with van der Waals surface area (Å²) >= 11 is 7.21. The quantitative estimate of drug-likeness (QED) is 0.680. The summed E-state index contributed by atoms with van der Waals surface area (Å²) in [6, 6.07) is 12.7. The van der Waals surface area contributed by atoms with Gasteiger partial charge in [-0.05, 0) is 29.7 Å². The Morgan fingerprint density at radius 3 is 2.72 bits per heavy atom. The molecule has 0 fully saturated rings. The van der Waals surface area contributed by atoms with Crippen molar-refractivity contribution in [2.75, 3.05) is 5.33 Å². The highest BCUT2D eigenvalue weighted by molar-refractivity contribution is 9.12. The van der Waals surface area contributed by atoms with Crippen LogP contribution in [0.3, 0.4) is 0 Å². The van der Waals surface area contributed by atoms with Crippen molar-refractivity contribution in [2.24, 2.45) is 0 Å². The van der Waals surface area contributed by atoms with Gasteiger partial charge >= 0.3 is 0 Å². The zero-order valence-corrected chi connectivity index (χ0v) is 13.4. The minimum atomic E-state index is 0.306. The van der Waals surface area contributed by atoms with E-state index in [2.05, 4.69) is 80.2 Å². The minimum Gasteiger partial charge on any atom is -0.256 e. The molecule has 3 heteroatoms. The summed E-state index contributed by atoms with van der Waals surface area (Å²) in [7, 11) is 0. The van der Waals surface area contributed by atoms with E-state index in [4.69, 9.17) is 0 Å². The summed E-state index contributed by atoms with van der Waals surface area (Å²) in [6.07, 6.45) is 2.93. The molecule has 0 saturated heterocycles. The zero-order chi connectivity index (χ0) is 13.0. The number of benzene rings is 1. The maximum Gasteiger partial charge on any atom is 0.0707 e. The second-order valence-corrected chi connectivity index (χ2v) is 5.86. The predicted molar refractivity (Wildman–Crippen MR) is 84.5 cm³/mol. The van der Waals surface area contributed by atoms with Crippen LogP contribution in [0.1, 0.15) is 22.9 Å². The molecule has 1 unspecified atom stereocenters. The normalized spacial score (nSPS) is 12.4. The Morgan fingerprint density at radius 2 is 2.00 bits per heavy atom. The van der Waals surface area contributed by atoms with E-state index >= 15 is 0 Å². The number of alkyl halides is 2. The smallest absolute Gasteiger partial charge is 0.0707 e. The minimum absolute atomic E-state index is 0.306. The summed E-state index contributed by atoms with van der Waals surface area (Å²) in [4.78, 5) is 4.81. The third-order valence-corrected chi connectivity index (χ3v) is 5.28. The van der Waals surface area contributed by atoms with Crippen molar-refractivity contribution < 1.29 is 0 Å². The lowest BCUT2D eigenvalue weighted by atomic mass is 10.0. The van der Waals surface area contributed by atoms with Crippen LogP contribution in [0, 0.1) is 0 Å². The molecule has 18 heavy (non-hydrogen) atoms. The van der Waals surface area contributed by atoms with Gasteiger partial charge in [0.15, 0.2) is 0 Å².